The minimum Gasteiger partial charge on any atom is -0.320 e. The van der Waals surface area contributed by atoms with Gasteiger partial charge in [0.25, 0.3) is 0 Å². The lowest BCUT2D eigenvalue weighted by atomic mass is 10.3. The summed E-state index contributed by atoms with van der Waals surface area (Å²) in [7, 11) is 3.66. The molecule has 0 radical (unpaired) electrons. The molecule has 5 heteroatoms. The fourth-order valence-corrected chi connectivity index (χ4v) is 1.19. The second-order valence-corrected chi connectivity index (χ2v) is 3.70. The molecule has 0 aliphatic carbocycles. The summed E-state index contributed by atoms with van der Waals surface area (Å²) in [5.41, 5.74) is 5.87. The van der Waals surface area contributed by atoms with Gasteiger partial charge in [0.1, 0.15) is 11.5 Å². The Hall–Kier alpha value is -1.90. The van der Waals surface area contributed by atoms with Crippen molar-refractivity contribution in [3.63, 3.8) is 0 Å². The van der Waals surface area contributed by atoms with Crippen LogP contribution in [0.4, 0.5) is 5.82 Å². The third kappa shape index (κ3) is 5.11. The number of likely N-dealkylation sites (N-methyl/N-ethyl adjacent to an activating group) is 1. The maximum absolute atomic E-state index is 11.5. The van der Waals surface area contributed by atoms with Crippen LogP contribution in [0.3, 0.4) is 0 Å². The maximum atomic E-state index is 11.5. The predicted octanol–water partition coefficient (Wildman–Crippen LogP) is -0.108. The number of pyridine rings is 1. The zero-order chi connectivity index (χ0) is 12.7. The average Bonchev–Trinajstić information content (AvgIpc) is 2.25. The van der Waals surface area contributed by atoms with Crippen molar-refractivity contribution in [1.29, 1.82) is 0 Å². The quantitative estimate of drug-likeness (QED) is 0.713. The predicted molar refractivity (Wildman–Crippen MR) is 67.4 cm³/mol. The number of amides is 1. The number of nitrogens with one attached hydrogen (secondary N) is 1. The molecule has 0 saturated heterocycles. The van der Waals surface area contributed by atoms with Crippen molar-refractivity contribution < 1.29 is 4.79 Å². The maximum Gasteiger partial charge on any atom is 0.239 e. The van der Waals surface area contributed by atoms with Gasteiger partial charge in [0.05, 0.1) is 13.1 Å². The van der Waals surface area contributed by atoms with E-state index in [0.717, 1.165) is 0 Å². The van der Waals surface area contributed by atoms with Crippen molar-refractivity contribution >= 4 is 11.7 Å². The van der Waals surface area contributed by atoms with Crippen LogP contribution in [0, 0.1) is 11.8 Å². The Labute approximate surface area is 101 Å². The molecule has 5 nitrogen and oxygen atoms in total. The number of nitrogens with two attached hydrogens (primary N) is 1. The first kappa shape index (κ1) is 13.2. The molecule has 1 aromatic rings. The zero-order valence-electron chi connectivity index (χ0n) is 10.0. The van der Waals surface area contributed by atoms with E-state index < -0.39 is 0 Å². The molecule has 17 heavy (non-hydrogen) atoms. The van der Waals surface area contributed by atoms with Crippen LogP contribution in [0.15, 0.2) is 18.2 Å². The molecule has 90 valence electrons. The first-order chi connectivity index (χ1) is 8.11. The lowest BCUT2D eigenvalue weighted by molar-refractivity contribution is -0.116. The normalized spacial score (nSPS) is 9.65. The molecule has 0 atom stereocenters. The van der Waals surface area contributed by atoms with Gasteiger partial charge < -0.3 is 16.0 Å². The van der Waals surface area contributed by atoms with E-state index in [1.165, 1.54) is 0 Å². The monoisotopic (exact) mass is 232 g/mol. The molecular formula is C12H16N4O. The Balaban J connectivity index is 2.68. The summed E-state index contributed by atoms with van der Waals surface area (Å²) in [4.78, 5) is 17.5. The summed E-state index contributed by atoms with van der Waals surface area (Å²) in [6.45, 7) is 0.610. The molecule has 0 aliphatic rings. The minimum atomic E-state index is -0.105. The van der Waals surface area contributed by atoms with Gasteiger partial charge in [-0.2, -0.15) is 0 Å². The van der Waals surface area contributed by atoms with Crippen LogP contribution in [0.25, 0.3) is 0 Å². The van der Waals surface area contributed by atoms with Crippen LogP contribution in [-0.4, -0.2) is 43.0 Å². The highest BCUT2D eigenvalue weighted by Gasteiger charge is 2.04. The molecule has 0 aromatic carbocycles. The van der Waals surface area contributed by atoms with Gasteiger partial charge in [0.15, 0.2) is 0 Å². The highest BCUT2D eigenvalue weighted by Crippen LogP contribution is 2.03. The lowest BCUT2D eigenvalue weighted by Crippen LogP contribution is -2.27. The SMILES string of the molecule is CN(C)CC(=O)Nc1cccc(C#CCN)n1. The Morgan fingerprint density at radius 2 is 2.29 bits per heavy atom. The molecule has 0 unspecified atom stereocenters. The van der Waals surface area contributed by atoms with Crippen LogP contribution in [0.5, 0.6) is 0 Å². The van der Waals surface area contributed by atoms with Crippen LogP contribution < -0.4 is 11.1 Å². The number of anilines is 1. The van der Waals surface area contributed by atoms with E-state index in [4.69, 9.17) is 5.73 Å². The van der Waals surface area contributed by atoms with Crippen molar-refractivity contribution in [2.75, 3.05) is 32.5 Å². The van der Waals surface area contributed by atoms with Crippen molar-refractivity contribution in [2.45, 2.75) is 0 Å². The first-order valence-corrected chi connectivity index (χ1v) is 5.22. The van der Waals surface area contributed by atoms with Gasteiger partial charge >= 0.3 is 0 Å². The molecule has 1 aromatic heterocycles. The van der Waals surface area contributed by atoms with Crippen molar-refractivity contribution in [3.05, 3.63) is 23.9 Å². The van der Waals surface area contributed by atoms with Gasteiger partial charge in [-0.05, 0) is 32.1 Å². The fourth-order valence-electron chi connectivity index (χ4n) is 1.19. The van der Waals surface area contributed by atoms with Crippen LogP contribution >= 0.6 is 0 Å². The smallest absolute Gasteiger partial charge is 0.239 e. The van der Waals surface area contributed by atoms with E-state index in [9.17, 15) is 4.79 Å². The van der Waals surface area contributed by atoms with Gasteiger partial charge in [-0.1, -0.05) is 12.0 Å². The number of nitrogens with zero attached hydrogens (tertiary/aromatic N) is 2. The summed E-state index contributed by atoms with van der Waals surface area (Å²) in [6, 6.07) is 5.28. The Morgan fingerprint density at radius 3 is 2.94 bits per heavy atom. The highest BCUT2D eigenvalue weighted by atomic mass is 16.2. The van der Waals surface area contributed by atoms with Crippen LogP contribution in [0.1, 0.15) is 5.69 Å². The number of hydrogen-bond acceptors (Lipinski definition) is 4. The summed E-state index contributed by atoms with van der Waals surface area (Å²) in [5.74, 6) is 5.92. The van der Waals surface area contributed by atoms with Crippen molar-refractivity contribution in [1.82, 2.24) is 9.88 Å². The number of carbonyl (C=O) groups excluding carboxylic acids is 1. The van der Waals surface area contributed by atoms with Gasteiger partial charge in [0.2, 0.25) is 5.91 Å². The van der Waals surface area contributed by atoms with E-state index >= 15 is 0 Å². The third-order valence-corrected chi connectivity index (χ3v) is 1.79. The van der Waals surface area contributed by atoms with E-state index in [0.29, 0.717) is 24.6 Å². The summed E-state index contributed by atoms with van der Waals surface area (Å²) in [6.07, 6.45) is 0. The molecular weight excluding hydrogens is 216 g/mol. The largest absolute Gasteiger partial charge is 0.320 e. The molecule has 1 rings (SSSR count). The molecule has 3 N–H and O–H groups in total. The molecule has 0 fully saturated rings. The van der Waals surface area contributed by atoms with Gasteiger partial charge in [-0.25, -0.2) is 4.98 Å². The standard InChI is InChI=1S/C12H16N4O/c1-16(2)9-12(17)15-11-7-3-5-10(14-11)6-4-8-13/h3,5,7H,8-9,13H2,1-2H3,(H,14,15,17). The Morgan fingerprint density at radius 1 is 1.53 bits per heavy atom. The summed E-state index contributed by atoms with van der Waals surface area (Å²) >= 11 is 0. The topological polar surface area (TPSA) is 71.2 Å². The number of aromatic nitrogens is 1. The Kier molecular flexibility index (Phi) is 5.14. The van der Waals surface area contributed by atoms with Gasteiger partial charge in [0, 0.05) is 0 Å². The van der Waals surface area contributed by atoms with E-state index in [1.54, 1.807) is 23.1 Å². The first-order valence-electron chi connectivity index (χ1n) is 5.22. The van der Waals surface area contributed by atoms with E-state index in [-0.39, 0.29) is 5.91 Å². The van der Waals surface area contributed by atoms with Gasteiger partial charge in [-0.15, -0.1) is 0 Å². The van der Waals surface area contributed by atoms with Crippen LogP contribution in [-0.2, 0) is 4.79 Å². The number of carbonyl (C=O) groups is 1. The number of hydrogen-bond donors (Lipinski definition) is 2. The lowest BCUT2D eigenvalue weighted by Gasteiger charge is -2.09. The second-order valence-electron chi connectivity index (χ2n) is 3.70. The fraction of sp³-hybridized carbons (Fsp3) is 0.333. The number of rotatable bonds is 3. The van der Waals surface area contributed by atoms with E-state index in [1.807, 2.05) is 14.1 Å². The average molecular weight is 232 g/mol. The second kappa shape index (κ2) is 6.63. The van der Waals surface area contributed by atoms with Crippen LogP contribution in [0.2, 0.25) is 0 Å². The zero-order valence-corrected chi connectivity index (χ0v) is 10.0. The summed E-state index contributed by atoms with van der Waals surface area (Å²) in [5, 5.41) is 2.70. The molecule has 1 amide bonds. The van der Waals surface area contributed by atoms with E-state index in [2.05, 4.69) is 22.1 Å². The van der Waals surface area contributed by atoms with Gasteiger partial charge in [-0.3, -0.25) is 4.79 Å². The molecule has 1 heterocycles. The summed E-state index contributed by atoms with van der Waals surface area (Å²) < 4.78 is 0. The minimum absolute atomic E-state index is 0.105. The third-order valence-electron chi connectivity index (χ3n) is 1.79. The van der Waals surface area contributed by atoms with Crippen molar-refractivity contribution in [3.8, 4) is 11.8 Å². The molecule has 0 saturated carbocycles. The highest BCUT2D eigenvalue weighted by molar-refractivity contribution is 5.91. The Bertz CT molecular complexity index is 445. The molecule has 0 spiro atoms. The molecule has 0 aliphatic heterocycles. The molecule has 0 bridgehead atoms. The van der Waals surface area contributed by atoms with Crippen molar-refractivity contribution in [2.24, 2.45) is 5.73 Å².